The number of H-pyrrole nitrogens is 1. The number of nitrogens with zero attached hydrogens (tertiary/aromatic N) is 2. The van der Waals surface area contributed by atoms with Crippen LogP contribution in [0.5, 0.6) is 0 Å². The second-order valence-electron chi connectivity index (χ2n) is 9.04. The molecule has 0 spiro atoms. The van der Waals surface area contributed by atoms with Crippen LogP contribution in [0.3, 0.4) is 0 Å². The minimum atomic E-state index is -0.674. The van der Waals surface area contributed by atoms with Crippen molar-refractivity contribution in [2.45, 2.75) is 45.6 Å². The molecule has 0 unspecified atom stereocenters. The van der Waals surface area contributed by atoms with E-state index < -0.39 is 6.10 Å². The van der Waals surface area contributed by atoms with E-state index in [0.29, 0.717) is 24.2 Å². The van der Waals surface area contributed by atoms with Crippen LogP contribution in [0.15, 0.2) is 18.3 Å². The summed E-state index contributed by atoms with van der Waals surface area (Å²) < 4.78 is 5.39. The maximum atomic E-state index is 12.8. The molecule has 1 atom stereocenters. The number of likely N-dealkylation sites (tertiary alicyclic amines) is 1. The zero-order chi connectivity index (χ0) is 20.6. The van der Waals surface area contributed by atoms with Crippen LogP contribution in [-0.2, 0) is 9.53 Å². The van der Waals surface area contributed by atoms with E-state index in [0.717, 1.165) is 55.2 Å². The first-order valence-corrected chi connectivity index (χ1v) is 10.9. The number of hydrogen-bond donors (Lipinski definition) is 2. The molecule has 158 valence electrons. The smallest absolute Gasteiger partial charge is 0.225 e. The summed E-state index contributed by atoms with van der Waals surface area (Å²) in [5.41, 5.74) is 1.27. The van der Waals surface area contributed by atoms with Crippen LogP contribution in [0, 0.1) is 17.3 Å². The number of benzene rings is 1. The summed E-state index contributed by atoms with van der Waals surface area (Å²) in [6.07, 6.45) is 4.50. The lowest BCUT2D eigenvalue weighted by atomic mass is 9.68. The Hall–Kier alpha value is -1.63. The molecule has 2 fully saturated rings. The first-order chi connectivity index (χ1) is 13.9. The standard InChI is InChI=1S/C22H30ClN3O3/c1-22(2,20(27)18-12-17(23)11-15-13-24-25-19(15)18)16-3-7-26(8-4-16)21(28)14-5-9-29-10-6-14/h11-14,16,20,27H,3-10H2,1-2H3,(H,24,25)/t20-/m1/s1. The number of amides is 1. The van der Waals surface area contributed by atoms with Gasteiger partial charge in [-0.25, -0.2) is 0 Å². The van der Waals surface area contributed by atoms with E-state index in [1.54, 1.807) is 6.20 Å². The lowest BCUT2D eigenvalue weighted by molar-refractivity contribution is -0.141. The number of carbonyl (C=O) groups excluding carboxylic acids is 1. The summed E-state index contributed by atoms with van der Waals surface area (Å²) in [6.45, 7) is 7.11. The Kier molecular flexibility index (Phi) is 5.87. The summed E-state index contributed by atoms with van der Waals surface area (Å²) in [4.78, 5) is 14.8. The Bertz CT molecular complexity index is 867. The molecule has 6 nitrogen and oxygen atoms in total. The molecule has 2 saturated heterocycles. The SMILES string of the molecule is CC(C)(C1CCN(C(=O)C2CCOCC2)CC1)[C@H](O)c1cc(Cl)cc2cn[nH]c12. The van der Waals surface area contributed by atoms with Crippen LogP contribution in [0.25, 0.3) is 10.9 Å². The number of aliphatic hydroxyl groups excluding tert-OH is 1. The highest BCUT2D eigenvalue weighted by Gasteiger charge is 2.41. The number of carbonyl (C=O) groups is 1. The fourth-order valence-corrected chi connectivity index (χ4v) is 5.17. The van der Waals surface area contributed by atoms with Crippen molar-refractivity contribution < 1.29 is 14.6 Å². The van der Waals surface area contributed by atoms with E-state index in [9.17, 15) is 9.90 Å². The fraction of sp³-hybridized carbons (Fsp3) is 0.636. The van der Waals surface area contributed by atoms with Gasteiger partial charge in [-0.3, -0.25) is 9.89 Å². The fourth-order valence-electron chi connectivity index (χ4n) is 4.93. The van der Waals surface area contributed by atoms with Crippen LogP contribution in [-0.4, -0.2) is 52.4 Å². The molecule has 2 N–H and O–H groups in total. The molecule has 2 aliphatic heterocycles. The molecule has 4 rings (SSSR count). The van der Waals surface area contributed by atoms with Gasteiger partial charge in [0, 0.05) is 48.2 Å². The van der Waals surface area contributed by atoms with E-state index >= 15 is 0 Å². The Morgan fingerprint density at radius 3 is 2.66 bits per heavy atom. The number of hydrogen-bond acceptors (Lipinski definition) is 4. The first kappa shape index (κ1) is 20.6. The quantitative estimate of drug-likeness (QED) is 0.786. The molecule has 1 aromatic heterocycles. The van der Waals surface area contributed by atoms with Gasteiger partial charge in [-0.05, 0) is 49.1 Å². The minimum Gasteiger partial charge on any atom is -0.388 e. The number of nitrogens with one attached hydrogen (secondary N) is 1. The molecule has 2 aromatic rings. The molecule has 29 heavy (non-hydrogen) atoms. The number of aromatic nitrogens is 2. The van der Waals surface area contributed by atoms with Gasteiger partial charge in [-0.1, -0.05) is 25.4 Å². The van der Waals surface area contributed by atoms with Crippen molar-refractivity contribution in [2.24, 2.45) is 17.3 Å². The lowest BCUT2D eigenvalue weighted by Crippen LogP contribution is -2.46. The zero-order valence-electron chi connectivity index (χ0n) is 17.2. The number of ether oxygens (including phenoxy) is 1. The highest BCUT2D eigenvalue weighted by molar-refractivity contribution is 6.31. The maximum absolute atomic E-state index is 12.8. The number of fused-ring (bicyclic) bond motifs is 1. The zero-order valence-corrected chi connectivity index (χ0v) is 17.9. The molecule has 0 radical (unpaired) electrons. The van der Waals surface area contributed by atoms with Gasteiger partial charge in [0.05, 0.1) is 17.8 Å². The number of halogens is 1. The Labute approximate surface area is 176 Å². The summed E-state index contributed by atoms with van der Waals surface area (Å²) in [5.74, 6) is 0.700. The highest BCUT2D eigenvalue weighted by atomic mass is 35.5. The second-order valence-corrected chi connectivity index (χ2v) is 9.48. The predicted molar refractivity (Wildman–Crippen MR) is 113 cm³/mol. The molecule has 2 aliphatic rings. The van der Waals surface area contributed by atoms with Crippen molar-refractivity contribution >= 4 is 28.4 Å². The van der Waals surface area contributed by atoms with Crippen LogP contribution >= 0.6 is 11.6 Å². The molecule has 0 saturated carbocycles. The molecule has 1 amide bonds. The van der Waals surface area contributed by atoms with Gasteiger partial charge in [0.1, 0.15) is 0 Å². The van der Waals surface area contributed by atoms with Crippen LogP contribution < -0.4 is 0 Å². The van der Waals surface area contributed by atoms with Gasteiger partial charge in [0.25, 0.3) is 0 Å². The average molecular weight is 420 g/mol. The molecule has 0 bridgehead atoms. The minimum absolute atomic E-state index is 0.110. The molecular weight excluding hydrogens is 390 g/mol. The highest BCUT2D eigenvalue weighted by Crippen LogP contribution is 2.46. The van der Waals surface area contributed by atoms with Gasteiger partial charge in [0.15, 0.2) is 0 Å². The van der Waals surface area contributed by atoms with Crippen molar-refractivity contribution in [1.82, 2.24) is 15.1 Å². The van der Waals surface area contributed by atoms with Crippen LogP contribution in [0.2, 0.25) is 5.02 Å². The first-order valence-electron chi connectivity index (χ1n) is 10.5. The average Bonchev–Trinajstić information content (AvgIpc) is 3.21. The third-order valence-electron chi connectivity index (χ3n) is 6.97. The Balaban J connectivity index is 1.45. The molecule has 7 heteroatoms. The van der Waals surface area contributed by atoms with Gasteiger partial charge < -0.3 is 14.7 Å². The van der Waals surface area contributed by atoms with E-state index in [2.05, 4.69) is 24.0 Å². The lowest BCUT2D eigenvalue weighted by Gasteiger charge is -2.44. The Morgan fingerprint density at radius 2 is 1.97 bits per heavy atom. The second kappa shape index (κ2) is 8.25. The van der Waals surface area contributed by atoms with Gasteiger partial charge in [0.2, 0.25) is 5.91 Å². The summed E-state index contributed by atoms with van der Waals surface area (Å²) in [6, 6.07) is 3.68. The van der Waals surface area contributed by atoms with E-state index in [4.69, 9.17) is 16.3 Å². The number of aromatic amines is 1. The maximum Gasteiger partial charge on any atom is 0.225 e. The summed E-state index contributed by atoms with van der Waals surface area (Å²) in [7, 11) is 0. The number of aliphatic hydroxyl groups is 1. The van der Waals surface area contributed by atoms with Crippen molar-refractivity contribution in [1.29, 1.82) is 0 Å². The number of piperidine rings is 1. The third-order valence-corrected chi connectivity index (χ3v) is 7.19. The van der Waals surface area contributed by atoms with Crippen molar-refractivity contribution in [3.05, 3.63) is 28.9 Å². The topological polar surface area (TPSA) is 78.5 Å². The normalized spacial score (nSPS) is 20.9. The van der Waals surface area contributed by atoms with Crippen LogP contribution in [0.1, 0.15) is 51.2 Å². The number of rotatable bonds is 4. The van der Waals surface area contributed by atoms with E-state index in [-0.39, 0.29) is 17.2 Å². The van der Waals surface area contributed by atoms with Gasteiger partial charge in [-0.2, -0.15) is 5.10 Å². The monoisotopic (exact) mass is 419 g/mol. The van der Waals surface area contributed by atoms with Crippen molar-refractivity contribution in [3.63, 3.8) is 0 Å². The Morgan fingerprint density at radius 1 is 1.28 bits per heavy atom. The molecule has 1 aromatic carbocycles. The predicted octanol–water partition coefficient (Wildman–Crippen LogP) is 3.94. The summed E-state index contributed by atoms with van der Waals surface area (Å²) in [5, 5.41) is 19.9. The van der Waals surface area contributed by atoms with E-state index in [1.165, 1.54) is 0 Å². The molecular formula is C22H30ClN3O3. The van der Waals surface area contributed by atoms with E-state index in [1.807, 2.05) is 17.0 Å². The van der Waals surface area contributed by atoms with Crippen molar-refractivity contribution in [3.8, 4) is 0 Å². The molecule has 0 aliphatic carbocycles. The van der Waals surface area contributed by atoms with Crippen LogP contribution in [0.4, 0.5) is 0 Å². The van der Waals surface area contributed by atoms with Gasteiger partial charge >= 0.3 is 0 Å². The molecule has 3 heterocycles. The largest absolute Gasteiger partial charge is 0.388 e. The van der Waals surface area contributed by atoms with Gasteiger partial charge in [-0.15, -0.1) is 0 Å². The van der Waals surface area contributed by atoms with Crippen molar-refractivity contribution in [2.75, 3.05) is 26.3 Å². The third kappa shape index (κ3) is 4.03. The summed E-state index contributed by atoms with van der Waals surface area (Å²) >= 11 is 6.28.